The molecule has 0 bridgehead atoms. The van der Waals surface area contributed by atoms with Crippen LogP contribution in [0.3, 0.4) is 0 Å². The Balaban J connectivity index is 2.75. The first-order valence-electron chi connectivity index (χ1n) is 2.78. The second-order valence-corrected chi connectivity index (χ2v) is 2.51. The van der Waals surface area contributed by atoms with E-state index >= 15 is 0 Å². The summed E-state index contributed by atoms with van der Waals surface area (Å²) in [6.45, 7) is 0. The summed E-state index contributed by atoms with van der Waals surface area (Å²) in [7, 11) is 0. The topological polar surface area (TPSA) is 52.0 Å². The number of allylic oxidation sites excluding steroid dienone is 2. The second kappa shape index (κ2) is 2.42. The predicted molar refractivity (Wildman–Crippen MR) is 38.8 cm³/mol. The molecule has 1 unspecified atom stereocenters. The van der Waals surface area contributed by atoms with E-state index in [0.29, 0.717) is 17.2 Å². The molecule has 3 heteroatoms. The van der Waals surface area contributed by atoms with Gasteiger partial charge in [-0.15, -0.1) is 0 Å². The normalized spacial score (nSPS) is 27.1. The van der Waals surface area contributed by atoms with Crippen molar-refractivity contribution >= 4 is 11.6 Å². The molecule has 2 nitrogen and oxygen atoms in total. The molecule has 0 saturated heterocycles. The van der Waals surface area contributed by atoms with Gasteiger partial charge < -0.3 is 11.5 Å². The molecule has 0 heterocycles. The van der Waals surface area contributed by atoms with E-state index in [1.165, 1.54) is 0 Å². The first kappa shape index (κ1) is 6.65. The standard InChI is InChI=1S/C6H9ClN2/c7-5-2-1-4(8)3-6(5)9/h1-2,4H,3,8-9H2. The first-order chi connectivity index (χ1) is 4.20. The summed E-state index contributed by atoms with van der Waals surface area (Å²) < 4.78 is 0. The van der Waals surface area contributed by atoms with E-state index in [2.05, 4.69) is 0 Å². The average molecular weight is 145 g/mol. The fourth-order valence-electron chi connectivity index (χ4n) is 0.735. The van der Waals surface area contributed by atoms with Gasteiger partial charge in [-0.25, -0.2) is 0 Å². The minimum atomic E-state index is 0.0486. The van der Waals surface area contributed by atoms with Gasteiger partial charge in [-0.3, -0.25) is 0 Å². The maximum atomic E-state index is 5.64. The highest BCUT2D eigenvalue weighted by atomic mass is 35.5. The van der Waals surface area contributed by atoms with E-state index in [-0.39, 0.29) is 6.04 Å². The SMILES string of the molecule is NC1=C(Cl)C=CC(N)C1. The van der Waals surface area contributed by atoms with Crippen molar-refractivity contribution in [1.29, 1.82) is 0 Å². The Morgan fingerprint density at radius 1 is 1.67 bits per heavy atom. The zero-order chi connectivity index (χ0) is 6.85. The highest BCUT2D eigenvalue weighted by Crippen LogP contribution is 2.16. The van der Waals surface area contributed by atoms with Crippen molar-refractivity contribution in [2.24, 2.45) is 11.5 Å². The lowest BCUT2D eigenvalue weighted by molar-refractivity contribution is 0.780. The van der Waals surface area contributed by atoms with Crippen LogP contribution in [0, 0.1) is 0 Å². The van der Waals surface area contributed by atoms with Gasteiger partial charge in [-0.2, -0.15) is 0 Å². The van der Waals surface area contributed by atoms with Gasteiger partial charge >= 0.3 is 0 Å². The van der Waals surface area contributed by atoms with Gasteiger partial charge in [0.15, 0.2) is 0 Å². The van der Waals surface area contributed by atoms with Crippen molar-refractivity contribution in [2.45, 2.75) is 12.5 Å². The summed E-state index contributed by atoms with van der Waals surface area (Å²) in [6.07, 6.45) is 4.26. The average Bonchev–Trinajstić information content (AvgIpc) is 1.80. The highest BCUT2D eigenvalue weighted by molar-refractivity contribution is 6.31. The maximum absolute atomic E-state index is 5.64. The maximum Gasteiger partial charge on any atom is 0.0591 e. The third-order valence-corrected chi connectivity index (χ3v) is 1.62. The summed E-state index contributed by atoms with van der Waals surface area (Å²) in [5.74, 6) is 0. The molecular weight excluding hydrogens is 136 g/mol. The van der Waals surface area contributed by atoms with Gasteiger partial charge in [0.1, 0.15) is 0 Å². The van der Waals surface area contributed by atoms with E-state index in [4.69, 9.17) is 23.1 Å². The molecule has 9 heavy (non-hydrogen) atoms. The molecule has 1 atom stereocenters. The molecule has 0 aliphatic heterocycles. The number of halogens is 1. The fourth-order valence-corrected chi connectivity index (χ4v) is 0.884. The number of rotatable bonds is 0. The third kappa shape index (κ3) is 1.47. The van der Waals surface area contributed by atoms with Crippen molar-refractivity contribution in [3.05, 3.63) is 22.9 Å². The van der Waals surface area contributed by atoms with Crippen LogP contribution >= 0.6 is 11.6 Å². The van der Waals surface area contributed by atoms with Crippen LogP contribution in [0.2, 0.25) is 0 Å². The Bertz CT molecular complexity index is 172. The summed E-state index contributed by atoms with van der Waals surface area (Å²) >= 11 is 5.64. The fraction of sp³-hybridized carbons (Fsp3) is 0.333. The van der Waals surface area contributed by atoms with Crippen molar-refractivity contribution < 1.29 is 0 Å². The van der Waals surface area contributed by atoms with E-state index in [1.807, 2.05) is 6.08 Å². The molecular formula is C6H9ClN2. The van der Waals surface area contributed by atoms with Crippen LogP contribution in [-0.2, 0) is 0 Å². The van der Waals surface area contributed by atoms with Crippen LogP contribution in [0.4, 0.5) is 0 Å². The molecule has 50 valence electrons. The Morgan fingerprint density at radius 3 is 2.78 bits per heavy atom. The number of nitrogens with two attached hydrogens (primary N) is 2. The molecule has 0 fully saturated rings. The zero-order valence-electron chi connectivity index (χ0n) is 4.97. The van der Waals surface area contributed by atoms with Gasteiger partial charge in [0.05, 0.1) is 5.03 Å². The minimum Gasteiger partial charge on any atom is -0.401 e. The Hall–Kier alpha value is -0.470. The number of hydrogen-bond donors (Lipinski definition) is 2. The minimum absolute atomic E-state index is 0.0486. The lowest BCUT2D eigenvalue weighted by atomic mass is 10.1. The van der Waals surface area contributed by atoms with Crippen LogP contribution < -0.4 is 11.5 Å². The largest absolute Gasteiger partial charge is 0.401 e. The van der Waals surface area contributed by atoms with E-state index in [1.54, 1.807) is 6.08 Å². The molecule has 0 spiro atoms. The van der Waals surface area contributed by atoms with Gasteiger partial charge in [0.2, 0.25) is 0 Å². The van der Waals surface area contributed by atoms with E-state index in [9.17, 15) is 0 Å². The first-order valence-corrected chi connectivity index (χ1v) is 3.16. The van der Waals surface area contributed by atoms with Crippen LogP contribution in [0.15, 0.2) is 22.9 Å². The van der Waals surface area contributed by atoms with Gasteiger partial charge in [-0.1, -0.05) is 17.7 Å². The summed E-state index contributed by atoms with van der Waals surface area (Å²) in [4.78, 5) is 0. The molecule has 1 aliphatic carbocycles. The zero-order valence-corrected chi connectivity index (χ0v) is 5.73. The van der Waals surface area contributed by atoms with E-state index < -0.39 is 0 Å². The predicted octanol–water partition coefficient (Wildman–Crippen LogP) is 0.683. The molecule has 0 saturated carbocycles. The summed E-state index contributed by atoms with van der Waals surface area (Å²) in [6, 6.07) is 0.0486. The molecule has 0 aromatic rings. The van der Waals surface area contributed by atoms with Crippen molar-refractivity contribution in [1.82, 2.24) is 0 Å². The quantitative estimate of drug-likeness (QED) is 0.526. The number of hydrogen-bond acceptors (Lipinski definition) is 2. The van der Waals surface area contributed by atoms with Crippen LogP contribution in [0.1, 0.15) is 6.42 Å². The highest BCUT2D eigenvalue weighted by Gasteiger charge is 2.07. The van der Waals surface area contributed by atoms with E-state index in [0.717, 1.165) is 0 Å². The van der Waals surface area contributed by atoms with Crippen LogP contribution in [0.5, 0.6) is 0 Å². The molecule has 0 radical (unpaired) electrons. The smallest absolute Gasteiger partial charge is 0.0591 e. The Labute approximate surface area is 59.2 Å². The molecule has 0 amide bonds. The monoisotopic (exact) mass is 144 g/mol. The van der Waals surface area contributed by atoms with Crippen LogP contribution in [0.25, 0.3) is 0 Å². The Morgan fingerprint density at radius 2 is 2.33 bits per heavy atom. The molecule has 0 aromatic heterocycles. The second-order valence-electron chi connectivity index (χ2n) is 2.10. The molecule has 4 N–H and O–H groups in total. The third-order valence-electron chi connectivity index (χ3n) is 1.25. The van der Waals surface area contributed by atoms with Crippen molar-refractivity contribution in [2.75, 3.05) is 0 Å². The molecule has 0 aromatic carbocycles. The van der Waals surface area contributed by atoms with Gasteiger partial charge in [-0.05, 0) is 6.08 Å². The molecule has 1 rings (SSSR count). The van der Waals surface area contributed by atoms with Crippen molar-refractivity contribution in [3.63, 3.8) is 0 Å². The lowest BCUT2D eigenvalue weighted by Crippen LogP contribution is -2.22. The lowest BCUT2D eigenvalue weighted by Gasteiger charge is -2.11. The van der Waals surface area contributed by atoms with Crippen LogP contribution in [-0.4, -0.2) is 6.04 Å². The summed E-state index contributed by atoms with van der Waals surface area (Å²) in [5.41, 5.74) is 11.7. The van der Waals surface area contributed by atoms with Gasteiger partial charge in [0.25, 0.3) is 0 Å². The van der Waals surface area contributed by atoms with Crippen molar-refractivity contribution in [3.8, 4) is 0 Å². The Kier molecular flexibility index (Phi) is 1.78. The van der Waals surface area contributed by atoms with Gasteiger partial charge in [0, 0.05) is 18.2 Å². The summed E-state index contributed by atoms with van der Waals surface area (Å²) in [5, 5.41) is 0.622. The molecule has 1 aliphatic rings.